The number of hydrogen-bond acceptors (Lipinski definition) is 2. The average molecular weight is 281 g/mol. The van der Waals surface area contributed by atoms with Crippen LogP contribution < -0.4 is 5.32 Å². The molecule has 0 bridgehead atoms. The second-order valence-electron chi connectivity index (χ2n) is 6.91. The second kappa shape index (κ2) is 6.59. The van der Waals surface area contributed by atoms with Crippen molar-refractivity contribution in [2.75, 3.05) is 0 Å². The van der Waals surface area contributed by atoms with Gasteiger partial charge in [0.05, 0.1) is 5.92 Å². The molecule has 0 heterocycles. The highest BCUT2D eigenvalue weighted by molar-refractivity contribution is 5.79. The van der Waals surface area contributed by atoms with E-state index in [-0.39, 0.29) is 23.8 Å². The molecule has 2 saturated carbocycles. The molecule has 0 aromatic carbocycles. The van der Waals surface area contributed by atoms with E-state index in [1.165, 1.54) is 0 Å². The fourth-order valence-electron chi connectivity index (χ4n) is 3.70. The molecule has 0 radical (unpaired) electrons. The first-order chi connectivity index (χ1) is 9.47. The van der Waals surface area contributed by atoms with E-state index in [2.05, 4.69) is 19.2 Å². The second-order valence-corrected chi connectivity index (χ2v) is 6.91. The summed E-state index contributed by atoms with van der Waals surface area (Å²) < 4.78 is 0. The zero-order chi connectivity index (χ0) is 14.7. The highest BCUT2D eigenvalue weighted by atomic mass is 16.4. The summed E-state index contributed by atoms with van der Waals surface area (Å²) >= 11 is 0. The Balaban J connectivity index is 1.75. The minimum atomic E-state index is -0.723. The summed E-state index contributed by atoms with van der Waals surface area (Å²) in [4.78, 5) is 23.2. The van der Waals surface area contributed by atoms with E-state index in [0.717, 1.165) is 38.0 Å². The molecule has 0 spiro atoms. The lowest BCUT2D eigenvalue weighted by atomic mass is 9.76. The number of amides is 1. The molecule has 2 atom stereocenters. The molecule has 0 aromatic heterocycles. The summed E-state index contributed by atoms with van der Waals surface area (Å²) in [5.74, 6) is 0.792. The Morgan fingerprint density at radius 1 is 1.00 bits per heavy atom. The number of aliphatic carboxylic acids is 1. The van der Waals surface area contributed by atoms with Gasteiger partial charge in [-0.25, -0.2) is 0 Å². The Morgan fingerprint density at radius 3 is 2.10 bits per heavy atom. The van der Waals surface area contributed by atoms with Crippen molar-refractivity contribution in [3.63, 3.8) is 0 Å². The number of nitrogens with one attached hydrogen (secondary N) is 1. The predicted octanol–water partition coefficient (Wildman–Crippen LogP) is 2.82. The molecule has 4 heteroatoms. The lowest BCUT2D eigenvalue weighted by Crippen LogP contribution is -2.39. The van der Waals surface area contributed by atoms with Crippen molar-refractivity contribution < 1.29 is 14.7 Å². The molecule has 0 unspecified atom stereocenters. The first kappa shape index (κ1) is 15.3. The van der Waals surface area contributed by atoms with E-state index < -0.39 is 5.97 Å². The molecule has 2 N–H and O–H groups in total. The molecule has 20 heavy (non-hydrogen) atoms. The van der Waals surface area contributed by atoms with Gasteiger partial charge in [0.2, 0.25) is 5.91 Å². The Morgan fingerprint density at radius 2 is 1.60 bits per heavy atom. The van der Waals surface area contributed by atoms with Gasteiger partial charge in [0.25, 0.3) is 0 Å². The monoisotopic (exact) mass is 281 g/mol. The van der Waals surface area contributed by atoms with E-state index in [9.17, 15) is 9.59 Å². The standard InChI is InChI=1S/C16H27NO3/c1-10(2)11-3-5-12(6-4-11)15(18)17-14-8-7-13(9-14)16(19)20/h10-14H,3-9H2,1-2H3,(H,17,18)(H,19,20)/t11?,12?,13-,14+/m1/s1. The molecule has 1 amide bonds. The maximum Gasteiger partial charge on any atom is 0.306 e. The third-order valence-corrected chi connectivity index (χ3v) is 5.21. The lowest BCUT2D eigenvalue weighted by Gasteiger charge is -2.30. The van der Waals surface area contributed by atoms with Crippen LogP contribution in [0.3, 0.4) is 0 Å². The van der Waals surface area contributed by atoms with Crippen molar-refractivity contribution in [3.05, 3.63) is 0 Å². The minimum absolute atomic E-state index is 0.0754. The number of carbonyl (C=O) groups excluding carboxylic acids is 1. The molecule has 0 saturated heterocycles. The highest BCUT2D eigenvalue weighted by Crippen LogP contribution is 2.34. The quantitative estimate of drug-likeness (QED) is 0.832. The zero-order valence-corrected chi connectivity index (χ0v) is 12.6. The van der Waals surface area contributed by atoms with Crippen LogP contribution in [0.4, 0.5) is 0 Å². The SMILES string of the molecule is CC(C)C1CCC(C(=O)N[C@H]2CC[C@@H](C(=O)O)C2)CC1. The Hall–Kier alpha value is -1.06. The van der Waals surface area contributed by atoms with Crippen LogP contribution in [0.1, 0.15) is 58.8 Å². The van der Waals surface area contributed by atoms with Crippen molar-refractivity contribution in [2.24, 2.45) is 23.7 Å². The van der Waals surface area contributed by atoms with Crippen molar-refractivity contribution in [1.29, 1.82) is 0 Å². The van der Waals surface area contributed by atoms with Gasteiger partial charge in [0.15, 0.2) is 0 Å². The zero-order valence-electron chi connectivity index (χ0n) is 12.6. The van der Waals surface area contributed by atoms with Crippen LogP contribution in [0.5, 0.6) is 0 Å². The van der Waals surface area contributed by atoms with Crippen LogP contribution in [0.25, 0.3) is 0 Å². The van der Waals surface area contributed by atoms with Gasteiger partial charge in [-0.3, -0.25) is 9.59 Å². The largest absolute Gasteiger partial charge is 0.481 e. The number of rotatable bonds is 4. The summed E-state index contributed by atoms with van der Waals surface area (Å²) in [7, 11) is 0. The Kier molecular flexibility index (Phi) is 5.06. The molecule has 114 valence electrons. The van der Waals surface area contributed by atoms with Gasteiger partial charge < -0.3 is 10.4 Å². The van der Waals surface area contributed by atoms with Crippen LogP contribution in [0, 0.1) is 23.7 Å². The topological polar surface area (TPSA) is 66.4 Å². The lowest BCUT2D eigenvalue weighted by molar-refractivity contribution is -0.141. The molecule has 2 aliphatic rings. The molecule has 0 aromatic rings. The van der Waals surface area contributed by atoms with E-state index in [1.807, 2.05) is 0 Å². The molecular weight excluding hydrogens is 254 g/mol. The molecular formula is C16H27NO3. The molecule has 2 fully saturated rings. The van der Waals surface area contributed by atoms with Gasteiger partial charge in [-0.15, -0.1) is 0 Å². The van der Waals surface area contributed by atoms with E-state index in [4.69, 9.17) is 5.11 Å². The van der Waals surface area contributed by atoms with Gasteiger partial charge in [-0.2, -0.15) is 0 Å². The summed E-state index contributed by atoms with van der Waals surface area (Å²) in [5.41, 5.74) is 0. The van der Waals surface area contributed by atoms with E-state index in [0.29, 0.717) is 18.8 Å². The summed E-state index contributed by atoms with van der Waals surface area (Å²) in [6, 6.07) is 0.0754. The van der Waals surface area contributed by atoms with Gasteiger partial charge in [0.1, 0.15) is 0 Å². The van der Waals surface area contributed by atoms with Crippen LogP contribution in [0.2, 0.25) is 0 Å². The van der Waals surface area contributed by atoms with Crippen molar-refractivity contribution in [3.8, 4) is 0 Å². The minimum Gasteiger partial charge on any atom is -0.481 e. The van der Waals surface area contributed by atoms with Crippen LogP contribution in [0.15, 0.2) is 0 Å². The fourth-order valence-corrected chi connectivity index (χ4v) is 3.70. The molecule has 0 aliphatic heterocycles. The van der Waals surface area contributed by atoms with E-state index >= 15 is 0 Å². The van der Waals surface area contributed by atoms with Crippen molar-refractivity contribution >= 4 is 11.9 Å². The summed E-state index contributed by atoms with van der Waals surface area (Å²) in [6.45, 7) is 4.52. The number of carbonyl (C=O) groups is 2. The first-order valence-corrected chi connectivity index (χ1v) is 8.00. The van der Waals surface area contributed by atoms with Crippen LogP contribution >= 0.6 is 0 Å². The summed E-state index contributed by atoms with van der Waals surface area (Å²) in [5, 5.41) is 12.1. The molecule has 2 rings (SSSR count). The van der Waals surface area contributed by atoms with E-state index in [1.54, 1.807) is 0 Å². The maximum absolute atomic E-state index is 12.2. The summed E-state index contributed by atoms with van der Waals surface area (Å²) in [6.07, 6.45) is 6.39. The third-order valence-electron chi connectivity index (χ3n) is 5.21. The van der Waals surface area contributed by atoms with Gasteiger partial charge in [0, 0.05) is 12.0 Å². The number of hydrogen-bond donors (Lipinski definition) is 2. The maximum atomic E-state index is 12.2. The average Bonchev–Trinajstić information content (AvgIpc) is 2.87. The van der Waals surface area contributed by atoms with Crippen molar-refractivity contribution in [1.82, 2.24) is 5.32 Å². The molecule has 4 nitrogen and oxygen atoms in total. The van der Waals surface area contributed by atoms with Gasteiger partial charge >= 0.3 is 5.97 Å². The smallest absolute Gasteiger partial charge is 0.306 e. The van der Waals surface area contributed by atoms with Gasteiger partial charge in [-0.05, 0) is 56.8 Å². The predicted molar refractivity (Wildman–Crippen MR) is 77.2 cm³/mol. The van der Waals surface area contributed by atoms with Crippen LogP contribution in [-0.2, 0) is 9.59 Å². The number of carboxylic acids is 1. The highest BCUT2D eigenvalue weighted by Gasteiger charge is 2.33. The third kappa shape index (κ3) is 3.74. The number of carboxylic acid groups (broad SMARTS) is 1. The van der Waals surface area contributed by atoms with Crippen molar-refractivity contribution in [2.45, 2.75) is 64.8 Å². The Labute approximate surface area is 121 Å². The first-order valence-electron chi connectivity index (χ1n) is 8.00. The normalized spacial score (nSPS) is 34.1. The molecule has 2 aliphatic carbocycles. The fraction of sp³-hybridized carbons (Fsp3) is 0.875. The van der Waals surface area contributed by atoms with Gasteiger partial charge in [-0.1, -0.05) is 13.8 Å². The van der Waals surface area contributed by atoms with Crippen LogP contribution in [-0.4, -0.2) is 23.0 Å². The Bertz CT molecular complexity index is 359.